The second-order valence-electron chi connectivity index (χ2n) is 7.82. The van der Waals surface area contributed by atoms with Crippen molar-refractivity contribution in [1.29, 1.82) is 0 Å². The van der Waals surface area contributed by atoms with E-state index in [1.807, 2.05) is 0 Å². The van der Waals surface area contributed by atoms with E-state index in [0.717, 1.165) is 12.8 Å². The summed E-state index contributed by atoms with van der Waals surface area (Å²) in [6, 6.07) is 9.96. The third-order valence-electron chi connectivity index (χ3n) is 4.65. The summed E-state index contributed by atoms with van der Waals surface area (Å²) in [5, 5.41) is 0. The minimum absolute atomic E-state index is 0.0354. The fraction of sp³-hybridized carbons (Fsp3) is 0.579. The van der Waals surface area contributed by atoms with Crippen molar-refractivity contribution in [3.63, 3.8) is 0 Å². The third-order valence-corrected chi connectivity index (χ3v) is 6.40. The van der Waals surface area contributed by atoms with Crippen LogP contribution in [0.1, 0.15) is 38.3 Å². The molecule has 0 amide bonds. The molecule has 3 heteroatoms. The molecule has 0 spiro atoms. The molecule has 2 nitrogen and oxygen atoms in total. The highest BCUT2D eigenvalue weighted by molar-refractivity contribution is 6.76. The van der Waals surface area contributed by atoms with Crippen molar-refractivity contribution in [2.75, 3.05) is 0 Å². The lowest BCUT2D eigenvalue weighted by Crippen LogP contribution is -2.33. The van der Waals surface area contributed by atoms with E-state index in [1.165, 1.54) is 31.0 Å². The van der Waals surface area contributed by atoms with Gasteiger partial charge in [0.1, 0.15) is 11.6 Å². The van der Waals surface area contributed by atoms with E-state index < -0.39 is 13.5 Å². The van der Waals surface area contributed by atoms with Crippen molar-refractivity contribution in [3.8, 4) is 0 Å². The van der Waals surface area contributed by atoms with Crippen LogP contribution in [-0.2, 0) is 22.4 Å². The van der Waals surface area contributed by atoms with E-state index >= 15 is 0 Å². The molecule has 0 unspecified atom stereocenters. The molecule has 0 saturated heterocycles. The first-order chi connectivity index (χ1) is 10.0. The minimum Gasteiger partial charge on any atom is -0.299 e. The number of hydrogen-bond acceptors (Lipinski definition) is 2. The fourth-order valence-electron chi connectivity index (χ4n) is 2.39. The van der Waals surface area contributed by atoms with Crippen molar-refractivity contribution < 1.29 is 9.59 Å². The van der Waals surface area contributed by atoms with E-state index in [4.69, 9.17) is 0 Å². The molecule has 0 aliphatic rings. The molecule has 0 bridgehead atoms. The predicted octanol–water partition coefficient (Wildman–Crippen LogP) is 4.68. The third kappa shape index (κ3) is 5.52. The Hall–Kier alpha value is -1.22. The lowest BCUT2D eigenvalue weighted by Gasteiger charge is -2.23. The summed E-state index contributed by atoms with van der Waals surface area (Å²) >= 11 is 0. The van der Waals surface area contributed by atoms with E-state index in [9.17, 15) is 9.59 Å². The first kappa shape index (κ1) is 18.8. The Labute approximate surface area is 136 Å². The maximum absolute atomic E-state index is 11.7. The second kappa shape index (κ2) is 7.36. The molecule has 0 radical (unpaired) electrons. The molecule has 0 saturated carbocycles. The Morgan fingerprint density at radius 2 is 1.32 bits per heavy atom. The zero-order valence-electron chi connectivity index (χ0n) is 15.0. The normalized spacial score (nSPS) is 12.3. The van der Waals surface area contributed by atoms with Crippen LogP contribution in [0.4, 0.5) is 0 Å². The summed E-state index contributed by atoms with van der Waals surface area (Å²) in [4.78, 5) is 23.5. The highest BCUT2D eigenvalue weighted by Crippen LogP contribution is 2.26. The largest absolute Gasteiger partial charge is 0.299 e. The van der Waals surface area contributed by atoms with Gasteiger partial charge in [0.25, 0.3) is 0 Å². The van der Waals surface area contributed by atoms with Crippen molar-refractivity contribution in [1.82, 2.24) is 0 Å². The summed E-state index contributed by atoms with van der Waals surface area (Å²) in [5.74, 6) is -0.0708. The molecular formula is C19H30O2Si. The Balaban J connectivity index is 2.65. The molecule has 22 heavy (non-hydrogen) atoms. The smallest absolute Gasteiger partial charge is 0.143 e. The van der Waals surface area contributed by atoms with Crippen LogP contribution in [0.2, 0.25) is 25.7 Å². The van der Waals surface area contributed by atoms with Crippen LogP contribution < -0.4 is 0 Å². The van der Waals surface area contributed by atoms with Crippen molar-refractivity contribution in [3.05, 3.63) is 35.4 Å². The van der Waals surface area contributed by atoms with Gasteiger partial charge in [0, 0.05) is 8.07 Å². The highest BCUT2D eigenvalue weighted by Gasteiger charge is 2.34. The molecule has 1 aromatic carbocycles. The number of hydrogen-bond donors (Lipinski definition) is 0. The minimum atomic E-state index is -0.994. The Morgan fingerprint density at radius 3 is 1.68 bits per heavy atom. The summed E-state index contributed by atoms with van der Waals surface area (Å²) in [6.45, 7) is 12.0. The van der Waals surface area contributed by atoms with Crippen LogP contribution in [0.3, 0.4) is 0 Å². The molecule has 0 fully saturated rings. The molecule has 0 aliphatic heterocycles. The van der Waals surface area contributed by atoms with E-state index in [2.05, 4.69) is 43.9 Å². The topological polar surface area (TPSA) is 34.1 Å². The average Bonchev–Trinajstić information content (AvgIpc) is 2.42. The van der Waals surface area contributed by atoms with Gasteiger partial charge in [-0.2, -0.15) is 0 Å². The number of aryl methyl sites for hydroxylation is 2. The van der Waals surface area contributed by atoms with Gasteiger partial charge < -0.3 is 0 Å². The maximum atomic E-state index is 11.7. The summed E-state index contributed by atoms with van der Waals surface area (Å²) in [6.07, 6.45) is 2.50. The molecule has 0 heterocycles. The monoisotopic (exact) mass is 318 g/mol. The fourth-order valence-corrected chi connectivity index (χ4v) is 3.42. The van der Waals surface area contributed by atoms with Gasteiger partial charge in [-0.15, -0.1) is 0 Å². The predicted molar refractivity (Wildman–Crippen MR) is 96.1 cm³/mol. The number of ketones is 2. The van der Waals surface area contributed by atoms with Gasteiger partial charge in [-0.1, -0.05) is 50.0 Å². The van der Waals surface area contributed by atoms with Crippen molar-refractivity contribution in [2.45, 2.75) is 65.7 Å². The quantitative estimate of drug-likeness (QED) is 0.515. The van der Waals surface area contributed by atoms with Crippen LogP contribution in [0.15, 0.2) is 24.3 Å². The van der Waals surface area contributed by atoms with Gasteiger partial charge in [-0.3, -0.25) is 9.59 Å². The second-order valence-corrected chi connectivity index (χ2v) is 13.4. The first-order valence-corrected chi connectivity index (χ1v) is 11.9. The van der Waals surface area contributed by atoms with Gasteiger partial charge in [-0.05, 0) is 51.2 Å². The SMILES string of the molecule is CC(=O)C(C)(CCc1ccc(CC[Si](C)(C)C)cc1)C(C)=O. The van der Waals surface area contributed by atoms with Gasteiger partial charge in [0.15, 0.2) is 0 Å². The van der Waals surface area contributed by atoms with E-state index in [0.29, 0.717) is 6.42 Å². The Bertz CT molecular complexity index is 509. The van der Waals surface area contributed by atoms with Crippen LogP contribution in [-0.4, -0.2) is 19.6 Å². The zero-order valence-corrected chi connectivity index (χ0v) is 16.0. The number of rotatable bonds is 8. The summed E-state index contributed by atoms with van der Waals surface area (Å²) in [5.41, 5.74) is 1.74. The van der Waals surface area contributed by atoms with Crippen molar-refractivity contribution in [2.24, 2.45) is 5.41 Å². The number of carbonyl (C=O) groups is 2. The number of benzene rings is 1. The molecule has 1 rings (SSSR count). The number of Topliss-reactive ketones (excluding diaryl/α,β-unsaturated/α-hetero) is 2. The van der Waals surface area contributed by atoms with Crippen LogP contribution in [0.25, 0.3) is 0 Å². The molecular weight excluding hydrogens is 288 g/mol. The van der Waals surface area contributed by atoms with Crippen LogP contribution >= 0.6 is 0 Å². The Morgan fingerprint density at radius 1 is 0.909 bits per heavy atom. The molecule has 122 valence electrons. The molecule has 0 aliphatic carbocycles. The highest BCUT2D eigenvalue weighted by atomic mass is 28.3. The lowest BCUT2D eigenvalue weighted by molar-refractivity contribution is -0.137. The van der Waals surface area contributed by atoms with Crippen LogP contribution in [0.5, 0.6) is 0 Å². The van der Waals surface area contributed by atoms with Crippen molar-refractivity contribution >= 4 is 19.6 Å². The van der Waals surface area contributed by atoms with Gasteiger partial charge in [0.2, 0.25) is 0 Å². The van der Waals surface area contributed by atoms with Gasteiger partial charge in [-0.25, -0.2) is 0 Å². The number of carbonyl (C=O) groups excluding carboxylic acids is 2. The Kier molecular flexibility index (Phi) is 6.30. The molecule has 0 aromatic heterocycles. The standard InChI is InChI=1S/C19H30O2Si/c1-15(20)19(3,16(2)21)13-11-17-7-9-18(10-8-17)12-14-22(4,5)6/h7-10H,11-14H2,1-6H3. The summed E-state index contributed by atoms with van der Waals surface area (Å²) in [7, 11) is -0.994. The molecule has 0 atom stereocenters. The molecule has 0 N–H and O–H groups in total. The summed E-state index contributed by atoms with van der Waals surface area (Å²) < 4.78 is 0. The van der Waals surface area contributed by atoms with E-state index in [1.54, 1.807) is 6.92 Å². The average molecular weight is 319 g/mol. The van der Waals surface area contributed by atoms with Gasteiger partial charge in [0.05, 0.1) is 5.41 Å². The lowest BCUT2D eigenvalue weighted by atomic mass is 9.77. The molecule has 1 aromatic rings. The first-order valence-electron chi connectivity index (χ1n) is 8.14. The maximum Gasteiger partial charge on any atom is 0.143 e. The zero-order chi connectivity index (χ0) is 17.0. The van der Waals surface area contributed by atoms with Crippen LogP contribution in [0, 0.1) is 5.41 Å². The van der Waals surface area contributed by atoms with E-state index in [-0.39, 0.29) is 11.6 Å². The van der Waals surface area contributed by atoms with Gasteiger partial charge >= 0.3 is 0 Å².